The highest BCUT2D eigenvalue weighted by atomic mass is 16.5. The molecule has 0 saturated carbocycles. The Labute approximate surface area is 190 Å². The smallest absolute Gasteiger partial charge is 0.203 e. The Bertz CT molecular complexity index is 1330. The van der Waals surface area contributed by atoms with Crippen LogP contribution in [0.2, 0.25) is 0 Å². The zero-order chi connectivity index (χ0) is 23.4. The Morgan fingerprint density at radius 1 is 0.939 bits per heavy atom. The Morgan fingerprint density at radius 2 is 1.67 bits per heavy atom. The van der Waals surface area contributed by atoms with Crippen molar-refractivity contribution in [3.8, 4) is 40.1 Å². The fraction of sp³-hybridized carbons (Fsp3) is 0.120. The van der Waals surface area contributed by atoms with E-state index in [1.807, 2.05) is 24.3 Å². The normalized spacial score (nSPS) is 10.4. The Kier molecular flexibility index (Phi) is 6.04. The molecule has 164 valence electrons. The molecule has 0 aliphatic rings. The zero-order valence-corrected chi connectivity index (χ0v) is 18.3. The van der Waals surface area contributed by atoms with Gasteiger partial charge in [-0.2, -0.15) is 10.4 Å². The maximum absolute atomic E-state index is 13.6. The molecule has 4 aromatic rings. The molecule has 3 aromatic carbocycles. The topological polar surface area (TPSA) is 99.3 Å². The van der Waals surface area contributed by atoms with Crippen LogP contribution >= 0.6 is 0 Å². The van der Waals surface area contributed by atoms with Crippen LogP contribution in [0.25, 0.3) is 16.8 Å². The van der Waals surface area contributed by atoms with E-state index in [1.54, 1.807) is 30.3 Å². The molecule has 0 spiro atoms. The minimum absolute atomic E-state index is 0.253. The quantitative estimate of drug-likeness (QED) is 0.400. The van der Waals surface area contributed by atoms with Crippen LogP contribution < -0.4 is 14.2 Å². The summed E-state index contributed by atoms with van der Waals surface area (Å²) in [5.74, 6) is 0.915. The molecule has 0 aliphatic carbocycles. The molecule has 0 saturated heterocycles. The summed E-state index contributed by atoms with van der Waals surface area (Å²) in [7, 11) is 4.50. The monoisotopic (exact) mass is 440 g/mol. The first-order valence-corrected chi connectivity index (χ1v) is 9.94. The molecule has 1 heterocycles. The number of hydrogen-bond donors (Lipinski definition) is 0. The lowest BCUT2D eigenvalue weighted by Gasteiger charge is -2.15. The lowest BCUT2D eigenvalue weighted by Crippen LogP contribution is -2.09. The van der Waals surface area contributed by atoms with E-state index >= 15 is 0 Å². The van der Waals surface area contributed by atoms with Gasteiger partial charge in [-0.25, -0.2) is 9.67 Å². The van der Waals surface area contributed by atoms with E-state index in [4.69, 9.17) is 14.2 Å². The largest absolute Gasteiger partial charge is 0.493 e. The van der Waals surface area contributed by atoms with Crippen LogP contribution in [-0.4, -0.2) is 41.9 Å². The van der Waals surface area contributed by atoms with Gasteiger partial charge < -0.3 is 14.2 Å². The van der Waals surface area contributed by atoms with Gasteiger partial charge >= 0.3 is 0 Å². The summed E-state index contributed by atoms with van der Waals surface area (Å²) < 4.78 is 17.7. The van der Waals surface area contributed by atoms with Crippen molar-refractivity contribution in [2.45, 2.75) is 0 Å². The van der Waals surface area contributed by atoms with Gasteiger partial charge in [0.2, 0.25) is 5.75 Å². The van der Waals surface area contributed by atoms with Gasteiger partial charge in [0.05, 0.1) is 38.6 Å². The Hall–Kier alpha value is -4.64. The number of ether oxygens (including phenoxy) is 3. The van der Waals surface area contributed by atoms with Gasteiger partial charge in [-0.05, 0) is 47.5 Å². The van der Waals surface area contributed by atoms with Crippen molar-refractivity contribution in [2.75, 3.05) is 21.3 Å². The summed E-state index contributed by atoms with van der Waals surface area (Å²) in [5, 5.41) is 13.5. The molecular formula is C25H20N4O4. The molecule has 0 atom stereocenters. The number of carbonyl (C=O) groups is 1. The van der Waals surface area contributed by atoms with E-state index in [0.717, 1.165) is 11.1 Å². The molecule has 8 heteroatoms. The van der Waals surface area contributed by atoms with Gasteiger partial charge in [0.25, 0.3) is 0 Å². The predicted octanol–water partition coefficient (Wildman–Crippen LogP) is 4.06. The maximum atomic E-state index is 13.6. The van der Waals surface area contributed by atoms with Crippen molar-refractivity contribution in [3.63, 3.8) is 0 Å². The van der Waals surface area contributed by atoms with Crippen LogP contribution in [0, 0.1) is 11.3 Å². The number of aromatic nitrogens is 3. The molecule has 0 radical (unpaired) electrons. The highest BCUT2D eigenvalue weighted by Gasteiger charge is 2.21. The fourth-order valence-corrected chi connectivity index (χ4v) is 3.56. The zero-order valence-electron chi connectivity index (χ0n) is 18.3. The van der Waals surface area contributed by atoms with Crippen LogP contribution in [0.15, 0.2) is 67.3 Å². The first kappa shape index (κ1) is 21.6. The second-order valence-electron chi connectivity index (χ2n) is 7.01. The van der Waals surface area contributed by atoms with E-state index in [9.17, 15) is 10.1 Å². The van der Waals surface area contributed by atoms with Gasteiger partial charge in [-0.15, -0.1) is 0 Å². The fourth-order valence-electron chi connectivity index (χ4n) is 3.56. The third-order valence-electron chi connectivity index (χ3n) is 5.16. The van der Waals surface area contributed by atoms with Crippen LogP contribution in [0.5, 0.6) is 17.2 Å². The average molecular weight is 440 g/mol. The van der Waals surface area contributed by atoms with Crippen LogP contribution in [0.1, 0.15) is 21.5 Å². The second kappa shape index (κ2) is 9.24. The summed E-state index contributed by atoms with van der Waals surface area (Å²) in [6, 6.07) is 18.0. The van der Waals surface area contributed by atoms with Gasteiger partial charge in [0, 0.05) is 11.1 Å². The standard InChI is InChI=1S/C25H20N4O4/c1-31-22-11-19(12-23(32-2)25(22)33-3)24(30)20-8-7-18(10-21(20)29-15-27-14-28-29)17-6-4-5-16(9-17)13-26/h4-12,14-15H,1-3H3. The SMILES string of the molecule is COc1cc(C(=O)c2ccc(-c3cccc(C#N)c3)cc2-n2cncn2)cc(OC)c1OC. The number of rotatable bonds is 7. The number of ketones is 1. The molecule has 0 unspecified atom stereocenters. The molecule has 8 nitrogen and oxygen atoms in total. The molecule has 0 N–H and O–H groups in total. The molecule has 4 rings (SSSR count). The Balaban J connectivity index is 1.86. The number of hydrogen-bond acceptors (Lipinski definition) is 7. The average Bonchev–Trinajstić information content (AvgIpc) is 3.42. The second-order valence-corrected chi connectivity index (χ2v) is 7.01. The summed E-state index contributed by atoms with van der Waals surface area (Å²) in [5.41, 5.74) is 3.56. The van der Waals surface area contributed by atoms with Crippen molar-refractivity contribution in [1.29, 1.82) is 5.26 Å². The van der Waals surface area contributed by atoms with Crippen LogP contribution in [0.3, 0.4) is 0 Å². The molecule has 0 amide bonds. The lowest BCUT2D eigenvalue weighted by atomic mass is 9.96. The van der Waals surface area contributed by atoms with Crippen molar-refractivity contribution in [2.24, 2.45) is 0 Å². The van der Waals surface area contributed by atoms with Gasteiger partial charge in [-0.3, -0.25) is 4.79 Å². The summed E-state index contributed by atoms with van der Waals surface area (Å²) >= 11 is 0. The minimum Gasteiger partial charge on any atom is -0.493 e. The van der Waals surface area contributed by atoms with Crippen molar-refractivity contribution in [3.05, 3.63) is 83.9 Å². The number of nitrogens with zero attached hydrogens (tertiary/aromatic N) is 4. The first-order valence-electron chi connectivity index (χ1n) is 9.94. The molecule has 1 aromatic heterocycles. The first-order chi connectivity index (χ1) is 16.1. The van der Waals surface area contributed by atoms with E-state index in [0.29, 0.717) is 39.6 Å². The minimum atomic E-state index is -0.253. The lowest BCUT2D eigenvalue weighted by molar-refractivity contribution is 0.103. The summed E-state index contributed by atoms with van der Waals surface area (Å²) in [6.07, 6.45) is 2.92. The third kappa shape index (κ3) is 4.12. The summed E-state index contributed by atoms with van der Waals surface area (Å²) in [6.45, 7) is 0. The molecule has 0 fully saturated rings. The Morgan fingerprint density at radius 3 is 2.27 bits per heavy atom. The van der Waals surface area contributed by atoms with E-state index < -0.39 is 0 Å². The molecule has 0 aliphatic heterocycles. The number of carbonyl (C=O) groups excluding carboxylic acids is 1. The molecule has 0 bridgehead atoms. The van der Waals surface area contributed by atoms with E-state index in [2.05, 4.69) is 16.2 Å². The summed E-state index contributed by atoms with van der Waals surface area (Å²) in [4.78, 5) is 17.6. The molecular weight excluding hydrogens is 420 g/mol. The number of methoxy groups -OCH3 is 3. The van der Waals surface area contributed by atoms with E-state index in [-0.39, 0.29) is 5.78 Å². The molecule has 33 heavy (non-hydrogen) atoms. The van der Waals surface area contributed by atoms with E-state index in [1.165, 1.54) is 38.7 Å². The van der Waals surface area contributed by atoms with Crippen molar-refractivity contribution in [1.82, 2.24) is 14.8 Å². The highest BCUT2D eigenvalue weighted by Crippen LogP contribution is 2.39. The van der Waals surface area contributed by atoms with Crippen LogP contribution in [-0.2, 0) is 0 Å². The number of benzene rings is 3. The number of nitriles is 1. The van der Waals surface area contributed by atoms with Gasteiger partial charge in [-0.1, -0.05) is 18.2 Å². The third-order valence-corrected chi connectivity index (χ3v) is 5.16. The van der Waals surface area contributed by atoms with Gasteiger partial charge in [0.15, 0.2) is 17.3 Å². The van der Waals surface area contributed by atoms with Crippen LogP contribution in [0.4, 0.5) is 0 Å². The maximum Gasteiger partial charge on any atom is 0.203 e. The van der Waals surface area contributed by atoms with Gasteiger partial charge in [0.1, 0.15) is 12.7 Å². The van der Waals surface area contributed by atoms with Crippen molar-refractivity contribution >= 4 is 5.78 Å². The predicted molar refractivity (Wildman–Crippen MR) is 121 cm³/mol. The highest BCUT2D eigenvalue weighted by molar-refractivity contribution is 6.12. The van der Waals surface area contributed by atoms with Crippen molar-refractivity contribution < 1.29 is 19.0 Å².